The maximum atomic E-state index is 12.3. The predicted octanol–water partition coefficient (Wildman–Crippen LogP) is 4.74. The Balaban J connectivity index is 2.05. The van der Waals surface area contributed by atoms with Crippen molar-refractivity contribution in [2.75, 3.05) is 5.32 Å². The summed E-state index contributed by atoms with van der Waals surface area (Å²) in [7, 11) is 0. The van der Waals surface area contributed by atoms with Gasteiger partial charge in [0.1, 0.15) is 5.75 Å². The number of carbonyl (C=O) groups excluding carboxylic acids is 1. The van der Waals surface area contributed by atoms with Crippen LogP contribution in [0.2, 0.25) is 5.02 Å². The minimum atomic E-state index is -0.989. The fraction of sp³-hybridized carbons (Fsp3) is 0.188. The van der Waals surface area contributed by atoms with Gasteiger partial charge in [0.05, 0.1) is 0 Å². The monoisotopic (exact) mass is 415 g/mol. The number of ether oxygens (including phenoxy) is 1. The third-order valence-electron chi connectivity index (χ3n) is 2.84. The van der Waals surface area contributed by atoms with E-state index in [0.29, 0.717) is 10.8 Å². The van der Waals surface area contributed by atoms with Crippen molar-refractivity contribution in [3.05, 3.63) is 57.1 Å². The van der Waals surface area contributed by atoms with E-state index in [1.54, 1.807) is 38.1 Å². The van der Waals surface area contributed by atoms with Gasteiger partial charge in [0.25, 0.3) is 5.91 Å². The molecule has 0 saturated carbocycles. The fourth-order valence-electron chi connectivity index (χ4n) is 1.66. The number of rotatable bonds is 4. The predicted molar refractivity (Wildman–Crippen MR) is 93.9 cm³/mol. The maximum Gasteiger partial charge on any atom is 0.267 e. The minimum absolute atomic E-state index is 0.210. The Labute approximate surface area is 142 Å². The molecule has 0 aliphatic rings. The molecule has 0 aliphatic carbocycles. The molecule has 0 aliphatic heterocycles. The second kappa shape index (κ2) is 6.66. The third-order valence-corrected chi connectivity index (χ3v) is 3.81. The number of benzene rings is 2. The Morgan fingerprint density at radius 1 is 1.10 bits per heavy atom. The van der Waals surface area contributed by atoms with E-state index in [9.17, 15) is 4.79 Å². The molecule has 0 spiro atoms. The zero-order valence-electron chi connectivity index (χ0n) is 11.7. The number of hydrogen-bond acceptors (Lipinski definition) is 2. The molecular formula is C16H15ClINO2. The summed E-state index contributed by atoms with van der Waals surface area (Å²) in [6.45, 7) is 3.45. The Morgan fingerprint density at radius 2 is 1.67 bits per heavy atom. The Kier molecular flexibility index (Phi) is 5.11. The molecule has 0 radical (unpaired) electrons. The van der Waals surface area contributed by atoms with E-state index in [0.717, 1.165) is 9.26 Å². The van der Waals surface area contributed by atoms with Crippen molar-refractivity contribution in [2.24, 2.45) is 0 Å². The van der Waals surface area contributed by atoms with E-state index < -0.39 is 5.60 Å². The van der Waals surface area contributed by atoms with Crippen LogP contribution in [0.5, 0.6) is 5.75 Å². The van der Waals surface area contributed by atoms with Crippen molar-refractivity contribution < 1.29 is 9.53 Å². The molecule has 0 heterocycles. The minimum Gasteiger partial charge on any atom is -0.478 e. The summed E-state index contributed by atoms with van der Waals surface area (Å²) in [6.07, 6.45) is 0. The van der Waals surface area contributed by atoms with Crippen LogP contribution in [0.25, 0.3) is 0 Å². The highest BCUT2D eigenvalue weighted by Gasteiger charge is 2.30. The molecule has 0 bridgehead atoms. The Morgan fingerprint density at radius 3 is 2.24 bits per heavy atom. The van der Waals surface area contributed by atoms with E-state index in [-0.39, 0.29) is 5.91 Å². The molecule has 0 aromatic heterocycles. The number of carbonyl (C=O) groups is 1. The lowest BCUT2D eigenvalue weighted by Crippen LogP contribution is -2.42. The molecular weight excluding hydrogens is 401 g/mol. The number of amides is 1. The average Bonchev–Trinajstić information content (AvgIpc) is 2.43. The molecule has 3 nitrogen and oxygen atoms in total. The van der Waals surface area contributed by atoms with E-state index in [4.69, 9.17) is 16.3 Å². The van der Waals surface area contributed by atoms with Crippen molar-refractivity contribution in [3.8, 4) is 5.75 Å². The molecule has 2 aromatic carbocycles. The van der Waals surface area contributed by atoms with Gasteiger partial charge >= 0.3 is 0 Å². The van der Waals surface area contributed by atoms with E-state index in [1.807, 2.05) is 24.3 Å². The largest absolute Gasteiger partial charge is 0.478 e. The molecule has 0 fully saturated rings. The van der Waals surface area contributed by atoms with Gasteiger partial charge in [0.15, 0.2) is 5.60 Å². The summed E-state index contributed by atoms with van der Waals surface area (Å²) in [5.41, 5.74) is -0.246. The Hall–Kier alpha value is -1.27. The van der Waals surface area contributed by atoms with Crippen molar-refractivity contribution in [1.82, 2.24) is 0 Å². The van der Waals surface area contributed by atoms with Gasteiger partial charge in [-0.3, -0.25) is 4.79 Å². The summed E-state index contributed by atoms with van der Waals surface area (Å²) in [5, 5.41) is 3.48. The highest BCUT2D eigenvalue weighted by atomic mass is 127. The second-order valence-electron chi connectivity index (χ2n) is 5.03. The fourth-order valence-corrected chi connectivity index (χ4v) is 2.14. The van der Waals surface area contributed by atoms with E-state index in [2.05, 4.69) is 27.9 Å². The van der Waals surface area contributed by atoms with Crippen LogP contribution < -0.4 is 10.1 Å². The number of nitrogens with one attached hydrogen (secondary N) is 1. The lowest BCUT2D eigenvalue weighted by atomic mass is 10.1. The van der Waals surface area contributed by atoms with Crippen molar-refractivity contribution in [2.45, 2.75) is 19.4 Å². The van der Waals surface area contributed by atoms with E-state index >= 15 is 0 Å². The normalized spacial score (nSPS) is 11.0. The van der Waals surface area contributed by atoms with Crippen LogP contribution in [0.1, 0.15) is 13.8 Å². The summed E-state index contributed by atoms with van der Waals surface area (Å²) < 4.78 is 6.86. The highest BCUT2D eigenvalue weighted by molar-refractivity contribution is 14.1. The van der Waals surface area contributed by atoms with Crippen LogP contribution in [0.4, 0.5) is 5.69 Å². The maximum absolute atomic E-state index is 12.3. The van der Waals surface area contributed by atoms with Gasteiger partial charge in [-0.2, -0.15) is 0 Å². The lowest BCUT2D eigenvalue weighted by molar-refractivity contribution is -0.128. The molecule has 0 atom stereocenters. The molecule has 2 rings (SSSR count). The molecule has 1 N–H and O–H groups in total. The van der Waals surface area contributed by atoms with E-state index in [1.165, 1.54) is 0 Å². The summed E-state index contributed by atoms with van der Waals surface area (Å²) in [4.78, 5) is 12.3. The molecule has 0 unspecified atom stereocenters. The van der Waals surface area contributed by atoms with Gasteiger partial charge in [0, 0.05) is 14.3 Å². The summed E-state index contributed by atoms with van der Waals surface area (Å²) >= 11 is 8.05. The number of halogens is 2. The first-order valence-corrected chi connectivity index (χ1v) is 7.84. The quantitative estimate of drug-likeness (QED) is 0.733. The molecule has 110 valence electrons. The standard InChI is InChI=1S/C16H15ClINO2/c1-16(2,21-14-9-3-11(17)4-10-14)15(20)19-13-7-5-12(18)6-8-13/h3-10H,1-2H3,(H,19,20). The van der Waals surface area contributed by atoms with Crippen LogP contribution in [-0.4, -0.2) is 11.5 Å². The van der Waals surface area contributed by atoms with Gasteiger partial charge < -0.3 is 10.1 Å². The van der Waals surface area contributed by atoms with Gasteiger partial charge in [-0.05, 0) is 85.0 Å². The van der Waals surface area contributed by atoms with Crippen LogP contribution in [0, 0.1) is 3.57 Å². The number of hydrogen-bond donors (Lipinski definition) is 1. The smallest absolute Gasteiger partial charge is 0.267 e. The van der Waals surface area contributed by atoms with Crippen molar-refractivity contribution in [1.29, 1.82) is 0 Å². The lowest BCUT2D eigenvalue weighted by Gasteiger charge is -2.25. The molecule has 1 amide bonds. The SMILES string of the molecule is CC(C)(Oc1ccc(Cl)cc1)C(=O)Nc1ccc(I)cc1. The van der Waals surface area contributed by atoms with Crippen molar-refractivity contribution >= 4 is 45.8 Å². The van der Waals surface area contributed by atoms with Gasteiger partial charge in [-0.1, -0.05) is 11.6 Å². The van der Waals surface area contributed by atoms with Crippen LogP contribution >= 0.6 is 34.2 Å². The summed E-state index contributed by atoms with van der Waals surface area (Å²) in [6, 6.07) is 14.5. The first kappa shape index (κ1) is 16.1. The molecule has 2 aromatic rings. The molecule has 21 heavy (non-hydrogen) atoms. The van der Waals surface area contributed by atoms with Crippen LogP contribution in [0.3, 0.4) is 0 Å². The highest BCUT2D eigenvalue weighted by Crippen LogP contribution is 2.22. The average molecular weight is 416 g/mol. The van der Waals surface area contributed by atoms with Gasteiger partial charge in [0.2, 0.25) is 0 Å². The first-order chi connectivity index (χ1) is 9.87. The Bertz CT molecular complexity index is 624. The van der Waals surface area contributed by atoms with Gasteiger partial charge in [-0.15, -0.1) is 0 Å². The zero-order valence-corrected chi connectivity index (χ0v) is 14.6. The zero-order chi connectivity index (χ0) is 15.5. The number of anilines is 1. The first-order valence-electron chi connectivity index (χ1n) is 6.38. The van der Waals surface area contributed by atoms with Gasteiger partial charge in [-0.25, -0.2) is 0 Å². The van der Waals surface area contributed by atoms with Crippen LogP contribution in [0.15, 0.2) is 48.5 Å². The summed E-state index contributed by atoms with van der Waals surface area (Å²) in [5.74, 6) is 0.390. The molecule has 0 saturated heterocycles. The third kappa shape index (κ3) is 4.61. The topological polar surface area (TPSA) is 38.3 Å². The van der Waals surface area contributed by atoms with Crippen molar-refractivity contribution in [3.63, 3.8) is 0 Å². The molecule has 5 heteroatoms. The second-order valence-corrected chi connectivity index (χ2v) is 6.71. The van der Waals surface area contributed by atoms with Crippen LogP contribution in [-0.2, 0) is 4.79 Å².